The predicted molar refractivity (Wildman–Crippen MR) is 155 cm³/mol. The number of hydrogen-bond acceptors (Lipinski definition) is 7. The molecule has 0 unspecified atom stereocenters. The van der Waals surface area contributed by atoms with E-state index in [9.17, 15) is 9.90 Å². The molecule has 8 nitrogen and oxygen atoms in total. The van der Waals surface area contributed by atoms with Gasteiger partial charge in [-0.3, -0.25) is 9.78 Å². The highest BCUT2D eigenvalue weighted by atomic mass is 16.5. The van der Waals surface area contributed by atoms with Gasteiger partial charge in [0.2, 0.25) is 5.91 Å². The first-order valence-corrected chi connectivity index (χ1v) is 13.3. The maximum Gasteiger partial charge on any atom is 0.237 e. The number of benzene rings is 3. The third kappa shape index (κ3) is 6.78. The van der Waals surface area contributed by atoms with Crippen LogP contribution >= 0.6 is 0 Å². The molecule has 0 aliphatic carbocycles. The average Bonchev–Trinajstić information content (AvgIpc) is 2.94. The highest BCUT2D eigenvalue weighted by molar-refractivity contribution is 5.95. The largest absolute Gasteiger partial charge is 0.508 e. The lowest BCUT2D eigenvalue weighted by molar-refractivity contribution is -0.122. The fourth-order valence-electron chi connectivity index (χ4n) is 4.57. The van der Waals surface area contributed by atoms with E-state index in [0.717, 1.165) is 45.4 Å². The van der Waals surface area contributed by atoms with Crippen molar-refractivity contribution in [1.82, 2.24) is 10.3 Å². The first kappa shape index (κ1) is 27.7. The number of nitrogens with one attached hydrogen (secondary N) is 2. The van der Waals surface area contributed by atoms with Crippen LogP contribution in [0, 0.1) is 0 Å². The SMILES string of the molecule is CCOc1cc2nccc(Nc3cccc(CNC(=O)[C@@H](N)Cc4ccc(O)cc4)c3CC)c2cc1OCC. The molecule has 0 fully saturated rings. The zero-order valence-electron chi connectivity index (χ0n) is 22.7. The Morgan fingerprint density at radius 3 is 2.38 bits per heavy atom. The Hall–Kier alpha value is -4.30. The Morgan fingerprint density at radius 1 is 0.974 bits per heavy atom. The molecule has 0 radical (unpaired) electrons. The maximum atomic E-state index is 12.7. The van der Waals surface area contributed by atoms with Crippen molar-refractivity contribution < 1.29 is 19.4 Å². The molecule has 0 aliphatic heterocycles. The normalized spacial score (nSPS) is 11.7. The Kier molecular flexibility index (Phi) is 9.22. The number of phenols is 1. The summed E-state index contributed by atoms with van der Waals surface area (Å²) in [7, 11) is 0. The standard InChI is InChI=1S/C31H36N4O4/c1-4-23-21(19-34-31(37)25(32)16-20-10-12-22(36)13-11-20)8-7-9-26(23)35-27-14-15-33-28-18-30(39-6-3)29(38-5-2)17-24(27)28/h7-15,17-18,25,36H,4-6,16,19,32H2,1-3H3,(H,33,35)(H,34,37)/t25-/m0/s1. The smallest absolute Gasteiger partial charge is 0.237 e. The zero-order valence-corrected chi connectivity index (χ0v) is 22.7. The minimum atomic E-state index is -0.690. The Morgan fingerprint density at radius 2 is 1.69 bits per heavy atom. The van der Waals surface area contributed by atoms with E-state index in [0.29, 0.717) is 37.7 Å². The molecule has 5 N–H and O–H groups in total. The summed E-state index contributed by atoms with van der Waals surface area (Å²) >= 11 is 0. The molecule has 8 heteroatoms. The molecule has 0 spiro atoms. The van der Waals surface area contributed by atoms with Gasteiger partial charge in [-0.15, -0.1) is 0 Å². The molecule has 1 heterocycles. The van der Waals surface area contributed by atoms with Crippen molar-refractivity contribution in [3.05, 3.63) is 83.6 Å². The van der Waals surface area contributed by atoms with Crippen LogP contribution in [0.15, 0.2) is 66.9 Å². The lowest BCUT2D eigenvalue weighted by Crippen LogP contribution is -2.41. The molecular weight excluding hydrogens is 492 g/mol. The molecule has 39 heavy (non-hydrogen) atoms. The van der Waals surface area contributed by atoms with E-state index in [1.165, 1.54) is 0 Å². The van der Waals surface area contributed by atoms with Crippen LogP contribution in [0.4, 0.5) is 11.4 Å². The molecule has 1 atom stereocenters. The third-order valence-electron chi connectivity index (χ3n) is 6.48. The minimum absolute atomic E-state index is 0.183. The van der Waals surface area contributed by atoms with Crippen molar-refractivity contribution in [3.8, 4) is 17.2 Å². The van der Waals surface area contributed by atoms with Gasteiger partial charge < -0.3 is 30.9 Å². The van der Waals surface area contributed by atoms with Crippen LogP contribution in [-0.2, 0) is 24.2 Å². The number of nitrogens with two attached hydrogens (primary N) is 1. The number of carbonyl (C=O) groups excluding carboxylic acids is 1. The Bertz CT molecular complexity index is 1420. The number of pyridine rings is 1. The van der Waals surface area contributed by atoms with E-state index < -0.39 is 6.04 Å². The lowest BCUT2D eigenvalue weighted by atomic mass is 10.0. The molecule has 4 rings (SSSR count). The summed E-state index contributed by atoms with van der Waals surface area (Å²) in [6.45, 7) is 7.41. The monoisotopic (exact) mass is 528 g/mol. The summed E-state index contributed by atoms with van der Waals surface area (Å²) in [4.78, 5) is 17.3. The molecule has 204 valence electrons. The van der Waals surface area contributed by atoms with Gasteiger partial charge in [0.15, 0.2) is 11.5 Å². The Balaban J connectivity index is 1.53. The van der Waals surface area contributed by atoms with Crippen molar-refractivity contribution in [3.63, 3.8) is 0 Å². The first-order chi connectivity index (χ1) is 18.9. The highest BCUT2D eigenvalue weighted by Crippen LogP contribution is 2.36. The zero-order chi connectivity index (χ0) is 27.8. The van der Waals surface area contributed by atoms with E-state index in [2.05, 4.69) is 22.5 Å². The second-order valence-electron chi connectivity index (χ2n) is 9.16. The van der Waals surface area contributed by atoms with Crippen molar-refractivity contribution in [2.75, 3.05) is 18.5 Å². The van der Waals surface area contributed by atoms with Crippen molar-refractivity contribution in [1.29, 1.82) is 0 Å². The van der Waals surface area contributed by atoms with Crippen LogP contribution in [0.3, 0.4) is 0 Å². The van der Waals surface area contributed by atoms with Crippen molar-refractivity contribution in [2.45, 2.75) is 46.2 Å². The minimum Gasteiger partial charge on any atom is -0.508 e. The third-order valence-corrected chi connectivity index (χ3v) is 6.48. The fourth-order valence-corrected chi connectivity index (χ4v) is 4.57. The molecule has 4 aromatic rings. The number of anilines is 2. The lowest BCUT2D eigenvalue weighted by Gasteiger charge is -2.18. The summed E-state index contributed by atoms with van der Waals surface area (Å²) < 4.78 is 11.6. The number of amides is 1. The van der Waals surface area contributed by atoms with Crippen LogP contribution in [-0.4, -0.2) is 35.3 Å². The number of carbonyl (C=O) groups is 1. The first-order valence-electron chi connectivity index (χ1n) is 13.3. The van der Waals surface area contributed by atoms with Gasteiger partial charge in [0.05, 0.1) is 24.8 Å². The maximum absolute atomic E-state index is 12.7. The predicted octanol–water partition coefficient (Wildman–Crippen LogP) is 5.23. The molecule has 0 saturated carbocycles. The van der Waals surface area contributed by atoms with Gasteiger partial charge >= 0.3 is 0 Å². The van der Waals surface area contributed by atoms with Gasteiger partial charge in [-0.1, -0.05) is 31.2 Å². The highest BCUT2D eigenvalue weighted by Gasteiger charge is 2.16. The molecule has 0 bridgehead atoms. The summed E-state index contributed by atoms with van der Waals surface area (Å²) in [5.74, 6) is 1.31. The van der Waals surface area contributed by atoms with Crippen LogP contribution in [0.2, 0.25) is 0 Å². The number of hydrogen-bond donors (Lipinski definition) is 4. The van der Waals surface area contributed by atoms with Crippen LogP contribution in [0.25, 0.3) is 10.9 Å². The number of rotatable bonds is 12. The average molecular weight is 529 g/mol. The molecule has 0 saturated heterocycles. The Labute approximate surface area is 229 Å². The summed E-state index contributed by atoms with van der Waals surface area (Å²) in [5.41, 5.74) is 11.8. The second-order valence-corrected chi connectivity index (χ2v) is 9.16. The summed E-state index contributed by atoms with van der Waals surface area (Å²) in [5, 5.41) is 16.9. The second kappa shape index (κ2) is 13.0. The van der Waals surface area contributed by atoms with Crippen molar-refractivity contribution in [2.24, 2.45) is 5.73 Å². The van der Waals surface area contributed by atoms with Gasteiger partial charge in [-0.25, -0.2) is 0 Å². The van der Waals surface area contributed by atoms with Gasteiger partial charge in [0.1, 0.15) is 5.75 Å². The number of aromatic nitrogens is 1. The molecule has 3 aromatic carbocycles. The van der Waals surface area contributed by atoms with E-state index in [-0.39, 0.29) is 11.7 Å². The van der Waals surface area contributed by atoms with Gasteiger partial charge in [0, 0.05) is 35.6 Å². The van der Waals surface area contributed by atoms with E-state index in [1.807, 2.05) is 50.2 Å². The van der Waals surface area contributed by atoms with E-state index in [4.69, 9.17) is 15.2 Å². The number of nitrogens with zero attached hydrogens (tertiary/aromatic N) is 1. The van der Waals surface area contributed by atoms with Crippen LogP contribution in [0.1, 0.15) is 37.5 Å². The summed E-state index contributed by atoms with van der Waals surface area (Å²) in [6, 6.07) is 17.9. The van der Waals surface area contributed by atoms with Gasteiger partial charge in [-0.2, -0.15) is 0 Å². The van der Waals surface area contributed by atoms with Gasteiger partial charge in [0.25, 0.3) is 0 Å². The topological polar surface area (TPSA) is 119 Å². The van der Waals surface area contributed by atoms with E-state index in [1.54, 1.807) is 30.5 Å². The molecule has 1 aromatic heterocycles. The van der Waals surface area contributed by atoms with Crippen LogP contribution < -0.4 is 25.8 Å². The van der Waals surface area contributed by atoms with Crippen molar-refractivity contribution >= 4 is 28.2 Å². The van der Waals surface area contributed by atoms with Gasteiger partial charge in [-0.05, 0) is 73.7 Å². The number of aromatic hydroxyl groups is 1. The molecule has 1 amide bonds. The number of ether oxygens (including phenoxy) is 2. The molecule has 0 aliphatic rings. The summed E-state index contributed by atoms with van der Waals surface area (Å²) in [6.07, 6.45) is 2.93. The number of phenolic OH excluding ortho intramolecular Hbond substituents is 1. The van der Waals surface area contributed by atoms with Crippen LogP contribution in [0.5, 0.6) is 17.2 Å². The molecular formula is C31H36N4O4. The number of fused-ring (bicyclic) bond motifs is 1. The quantitative estimate of drug-likeness (QED) is 0.199. The fraction of sp³-hybridized carbons (Fsp3) is 0.290. The van der Waals surface area contributed by atoms with E-state index >= 15 is 0 Å².